The molecule has 1 unspecified atom stereocenters. The van der Waals surface area contributed by atoms with E-state index in [0.29, 0.717) is 18.1 Å². The van der Waals surface area contributed by atoms with E-state index >= 15 is 0 Å². The predicted octanol–water partition coefficient (Wildman–Crippen LogP) is 3.18. The molecule has 6 heteroatoms. The second kappa shape index (κ2) is 6.67. The number of methoxy groups -OCH3 is 1. The summed E-state index contributed by atoms with van der Waals surface area (Å²) >= 11 is 0. The van der Waals surface area contributed by atoms with Crippen molar-refractivity contribution >= 4 is 12.4 Å². The Morgan fingerprint density at radius 2 is 2.18 bits per heavy atom. The highest BCUT2D eigenvalue weighted by Gasteiger charge is 2.39. The summed E-state index contributed by atoms with van der Waals surface area (Å²) < 4.78 is 10.6. The smallest absolute Gasteiger partial charge is 0.227 e. The van der Waals surface area contributed by atoms with Crippen molar-refractivity contribution in [2.24, 2.45) is 5.73 Å². The van der Waals surface area contributed by atoms with Gasteiger partial charge in [-0.05, 0) is 42.9 Å². The Bertz CT molecular complexity index is 625. The largest absolute Gasteiger partial charge is 0.497 e. The van der Waals surface area contributed by atoms with Crippen molar-refractivity contribution in [1.29, 1.82) is 0 Å². The summed E-state index contributed by atoms with van der Waals surface area (Å²) in [5, 5.41) is 4.05. The number of hydrogen-bond acceptors (Lipinski definition) is 5. The SMILES string of the molecule is COc1cccc(C(C)Cc2nc(C3(N)CCC3)no2)c1.Cl. The van der Waals surface area contributed by atoms with Crippen LogP contribution in [0.1, 0.15) is 49.4 Å². The Balaban J connectivity index is 0.00000176. The quantitative estimate of drug-likeness (QED) is 0.914. The highest BCUT2D eigenvalue weighted by atomic mass is 35.5. The predicted molar refractivity (Wildman–Crippen MR) is 86.4 cm³/mol. The van der Waals surface area contributed by atoms with E-state index in [9.17, 15) is 0 Å². The lowest BCUT2D eigenvalue weighted by atomic mass is 9.77. The van der Waals surface area contributed by atoms with Gasteiger partial charge in [0.25, 0.3) is 0 Å². The molecule has 1 heterocycles. The molecule has 1 aromatic carbocycles. The Morgan fingerprint density at radius 3 is 2.82 bits per heavy atom. The van der Waals surface area contributed by atoms with Crippen LogP contribution in [0.25, 0.3) is 0 Å². The monoisotopic (exact) mass is 323 g/mol. The van der Waals surface area contributed by atoms with Gasteiger partial charge in [0.1, 0.15) is 5.75 Å². The van der Waals surface area contributed by atoms with Gasteiger partial charge < -0.3 is 15.0 Å². The summed E-state index contributed by atoms with van der Waals surface area (Å²) in [7, 11) is 1.67. The van der Waals surface area contributed by atoms with Gasteiger partial charge in [-0.15, -0.1) is 12.4 Å². The molecular formula is C16H22ClN3O2. The number of nitrogens with two attached hydrogens (primary N) is 1. The van der Waals surface area contributed by atoms with E-state index in [-0.39, 0.29) is 23.9 Å². The van der Waals surface area contributed by atoms with Crippen LogP contribution < -0.4 is 10.5 Å². The first-order valence-electron chi connectivity index (χ1n) is 7.36. The molecule has 1 saturated carbocycles. The van der Waals surface area contributed by atoms with Gasteiger partial charge in [-0.3, -0.25) is 0 Å². The standard InChI is InChI=1S/C16H21N3O2.ClH/c1-11(12-5-3-6-13(10-12)20-2)9-14-18-15(19-21-14)16(17)7-4-8-16;/h3,5-6,10-11H,4,7-9,17H2,1-2H3;1H. The van der Waals surface area contributed by atoms with Crippen LogP contribution in [-0.2, 0) is 12.0 Å². The van der Waals surface area contributed by atoms with Gasteiger partial charge in [-0.1, -0.05) is 24.2 Å². The van der Waals surface area contributed by atoms with Crippen LogP contribution in [0.15, 0.2) is 28.8 Å². The highest BCUT2D eigenvalue weighted by Crippen LogP contribution is 2.37. The average molecular weight is 324 g/mol. The molecule has 2 aromatic rings. The Kier molecular flexibility index (Phi) is 5.08. The molecule has 1 aliphatic rings. The normalized spacial score (nSPS) is 17.2. The molecule has 0 radical (unpaired) electrons. The molecule has 2 N–H and O–H groups in total. The van der Waals surface area contributed by atoms with E-state index in [1.165, 1.54) is 5.56 Å². The zero-order valence-corrected chi connectivity index (χ0v) is 13.7. The molecule has 0 spiro atoms. The minimum Gasteiger partial charge on any atom is -0.497 e. The molecule has 1 atom stereocenters. The summed E-state index contributed by atoms with van der Waals surface area (Å²) in [6.07, 6.45) is 3.73. The van der Waals surface area contributed by atoms with E-state index in [0.717, 1.165) is 25.0 Å². The van der Waals surface area contributed by atoms with Crippen molar-refractivity contribution in [3.63, 3.8) is 0 Å². The van der Waals surface area contributed by atoms with Crippen LogP contribution in [-0.4, -0.2) is 17.3 Å². The molecule has 1 aromatic heterocycles. The third kappa shape index (κ3) is 3.25. The summed E-state index contributed by atoms with van der Waals surface area (Å²) in [4.78, 5) is 4.48. The van der Waals surface area contributed by atoms with Crippen LogP contribution in [0.2, 0.25) is 0 Å². The fourth-order valence-electron chi connectivity index (χ4n) is 2.65. The maximum atomic E-state index is 6.22. The molecule has 0 amide bonds. The molecule has 0 bridgehead atoms. The van der Waals surface area contributed by atoms with Crippen LogP contribution in [0.4, 0.5) is 0 Å². The lowest BCUT2D eigenvalue weighted by Crippen LogP contribution is -2.44. The zero-order valence-electron chi connectivity index (χ0n) is 12.9. The molecule has 3 rings (SSSR count). The molecule has 5 nitrogen and oxygen atoms in total. The fraction of sp³-hybridized carbons (Fsp3) is 0.500. The molecule has 0 aliphatic heterocycles. The van der Waals surface area contributed by atoms with Crippen molar-refractivity contribution < 1.29 is 9.26 Å². The summed E-state index contributed by atoms with van der Waals surface area (Å²) in [5.74, 6) is 2.45. The Labute approximate surface area is 136 Å². The second-order valence-electron chi connectivity index (χ2n) is 5.90. The summed E-state index contributed by atoms with van der Waals surface area (Å²) in [6.45, 7) is 2.14. The number of nitrogens with zero attached hydrogens (tertiary/aromatic N) is 2. The van der Waals surface area contributed by atoms with Crippen LogP contribution >= 0.6 is 12.4 Å². The summed E-state index contributed by atoms with van der Waals surface area (Å²) in [6, 6.07) is 8.06. The van der Waals surface area contributed by atoms with Gasteiger partial charge in [0.2, 0.25) is 5.89 Å². The first-order valence-corrected chi connectivity index (χ1v) is 7.36. The lowest BCUT2D eigenvalue weighted by Gasteiger charge is -2.34. The van der Waals surface area contributed by atoms with Crippen molar-refractivity contribution in [2.45, 2.75) is 44.1 Å². The van der Waals surface area contributed by atoms with Gasteiger partial charge in [0.15, 0.2) is 5.82 Å². The van der Waals surface area contributed by atoms with Crippen molar-refractivity contribution in [3.8, 4) is 5.75 Å². The minimum atomic E-state index is -0.360. The number of halogens is 1. The molecule has 0 saturated heterocycles. The van der Waals surface area contributed by atoms with Gasteiger partial charge in [0.05, 0.1) is 12.6 Å². The topological polar surface area (TPSA) is 74.2 Å². The molecular weight excluding hydrogens is 302 g/mol. The average Bonchev–Trinajstić information content (AvgIpc) is 2.93. The first kappa shape index (κ1) is 16.8. The van der Waals surface area contributed by atoms with Gasteiger partial charge in [0, 0.05) is 6.42 Å². The van der Waals surface area contributed by atoms with E-state index in [1.54, 1.807) is 7.11 Å². The van der Waals surface area contributed by atoms with Crippen molar-refractivity contribution in [2.75, 3.05) is 7.11 Å². The van der Waals surface area contributed by atoms with Gasteiger partial charge >= 0.3 is 0 Å². The number of aromatic nitrogens is 2. The number of rotatable bonds is 5. The Hall–Kier alpha value is -1.59. The first-order chi connectivity index (χ1) is 10.1. The highest BCUT2D eigenvalue weighted by molar-refractivity contribution is 5.85. The molecule has 1 aliphatic carbocycles. The zero-order chi connectivity index (χ0) is 14.9. The summed E-state index contributed by atoms with van der Waals surface area (Å²) in [5.41, 5.74) is 7.05. The maximum Gasteiger partial charge on any atom is 0.227 e. The molecule has 120 valence electrons. The maximum absolute atomic E-state index is 6.22. The number of benzene rings is 1. The van der Waals surface area contributed by atoms with Crippen molar-refractivity contribution in [1.82, 2.24) is 10.1 Å². The van der Waals surface area contributed by atoms with Crippen LogP contribution in [0.5, 0.6) is 5.75 Å². The van der Waals surface area contributed by atoms with E-state index in [4.69, 9.17) is 15.0 Å². The van der Waals surface area contributed by atoms with E-state index < -0.39 is 0 Å². The third-order valence-corrected chi connectivity index (χ3v) is 4.30. The number of ether oxygens (including phenoxy) is 1. The molecule has 1 fully saturated rings. The van der Waals surface area contributed by atoms with Crippen LogP contribution in [0.3, 0.4) is 0 Å². The molecule has 22 heavy (non-hydrogen) atoms. The van der Waals surface area contributed by atoms with E-state index in [1.807, 2.05) is 18.2 Å². The van der Waals surface area contributed by atoms with Gasteiger partial charge in [-0.25, -0.2) is 0 Å². The van der Waals surface area contributed by atoms with E-state index in [2.05, 4.69) is 23.1 Å². The lowest BCUT2D eigenvalue weighted by molar-refractivity contribution is 0.229. The van der Waals surface area contributed by atoms with Crippen molar-refractivity contribution in [3.05, 3.63) is 41.5 Å². The minimum absolute atomic E-state index is 0. The third-order valence-electron chi connectivity index (χ3n) is 4.30. The fourth-order valence-corrected chi connectivity index (χ4v) is 2.65. The van der Waals surface area contributed by atoms with Crippen LogP contribution in [0, 0.1) is 0 Å². The van der Waals surface area contributed by atoms with Gasteiger partial charge in [-0.2, -0.15) is 4.98 Å². The Morgan fingerprint density at radius 1 is 1.41 bits per heavy atom. The second-order valence-corrected chi connectivity index (χ2v) is 5.90. The number of hydrogen-bond donors (Lipinski definition) is 1.